The average molecular weight is 302 g/mol. The highest BCUT2D eigenvalue weighted by atomic mass is 16.2. The lowest BCUT2D eigenvalue weighted by molar-refractivity contribution is -0.144. The van der Waals surface area contributed by atoms with Crippen molar-refractivity contribution in [2.75, 3.05) is 6.54 Å². The van der Waals surface area contributed by atoms with Gasteiger partial charge in [-0.1, -0.05) is 37.3 Å². The fourth-order valence-corrected chi connectivity index (χ4v) is 2.56. The second kappa shape index (κ2) is 6.95. The molecule has 0 bridgehead atoms. The fraction of sp³-hybridized carbons (Fsp3) is 0.556. The molecule has 4 heteroatoms. The number of rotatable bonds is 7. The zero-order valence-corrected chi connectivity index (χ0v) is 13.8. The Morgan fingerprint density at radius 3 is 2.36 bits per heavy atom. The zero-order chi connectivity index (χ0) is 16.2. The maximum absolute atomic E-state index is 12.8. The van der Waals surface area contributed by atoms with Crippen LogP contribution in [-0.4, -0.2) is 29.3 Å². The number of hydrogen-bond donors (Lipinski definition) is 1. The summed E-state index contributed by atoms with van der Waals surface area (Å²) in [5.41, 5.74) is 0.282. The molecule has 1 N–H and O–H groups in total. The Balaban J connectivity index is 2.06. The van der Waals surface area contributed by atoms with E-state index >= 15 is 0 Å². The van der Waals surface area contributed by atoms with Crippen LogP contribution in [0.5, 0.6) is 0 Å². The highest BCUT2D eigenvalue weighted by molar-refractivity contribution is 6.07. The minimum atomic E-state index is -0.811. The van der Waals surface area contributed by atoms with Crippen molar-refractivity contribution >= 4 is 11.8 Å². The molecule has 0 radical (unpaired) electrons. The lowest BCUT2D eigenvalue weighted by Crippen LogP contribution is -2.47. The van der Waals surface area contributed by atoms with E-state index in [0.717, 1.165) is 12.0 Å². The van der Waals surface area contributed by atoms with E-state index in [0.29, 0.717) is 25.9 Å². The van der Waals surface area contributed by atoms with Gasteiger partial charge in [-0.05, 0) is 38.7 Å². The van der Waals surface area contributed by atoms with Crippen molar-refractivity contribution in [3.63, 3.8) is 0 Å². The first-order valence-corrected chi connectivity index (χ1v) is 8.17. The number of hydrogen-bond acceptors (Lipinski definition) is 2. The molecule has 1 atom stereocenters. The summed E-state index contributed by atoms with van der Waals surface area (Å²) in [7, 11) is 0. The van der Waals surface area contributed by atoms with Crippen molar-refractivity contribution < 1.29 is 9.59 Å². The van der Waals surface area contributed by atoms with Gasteiger partial charge in [0, 0.05) is 19.1 Å². The van der Waals surface area contributed by atoms with Crippen molar-refractivity contribution in [1.29, 1.82) is 0 Å². The van der Waals surface area contributed by atoms with Crippen LogP contribution in [0.3, 0.4) is 0 Å². The van der Waals surface area contributed by atoms with Gasteiger partial charge in [0.1, 0.15) is 5.41 Å². The van der Waals surface area contributed by atoms with Gasteiger partial charge in [-0.3, -0.25) is 9.59 Å². The van der Waals surface area contributed by atoms with Crippen molar-refractivity contribution in [3.8, 4) is 0 Å². The standard InChI is InChI=1S/C18H26N2O2/c1-4-14(3)19-16(21)18(11-12-18)17(22)20(5-2)13-15-9-7-6-8-10-15/h6-10,14H,4-5,11-13H2,1-3H3,(H,19,21). The van der Waals surface area contributed by atoms with Crippen LogP contribution in [0.25, 0.3) is 0 Å². The molecule has 1 aliphatic carbocycles. The molecule has 1 fully saturated rings. The summed E-state index contributed by atoms with van der Waals surface area (Å²) in [6.07, 6.45) is 2.20. The van der Waals surface area contributed by atoms with E-state index in [2.05, 4.69) is 5.32 Å². The SMILES string of the molecule is CCC(C)NC(=O)C1(C(=O)N(CC)Cc2ccccc2)CC1. The lowest BCUT2D eigenvalue weighted by atomic mass is 10.0. The van der Waals surface area contributed by atoms with Gasteiger partial charge in [0.05, 0.1) is 0 Å². The van der Waals surface area contributed by atoms with E-state index < -0.39 is 5.41 Å². The minimum Gasteiger partial charge on any atom is -0.353 e. The van der Waals surface area contributed by atoms with Crippen molar-refractivity contribution in [2.45, 2.75) is 52.6 Å². The number of amides is 2. The van der Waals surface area contributed by atoms with Gasteiger partial charge in [-0.2, -0.15) is 0 Å². The highest BCUT2D eigenvalue weighted by Crippen LogP contribution is 2.47. The number of benzene rings is 1. The van der Waals surface area contributed by atoms with Crippen molar-refractivity contribution in [2.24, 2.45) is 5.41 Å². The van der Waals surface area contributed by atoms with Gasteiger partial charge in [0.25, 0.3) is 0 Å². The van der Waals surface area contributed by atoms with E-state index in [-0.39, 0.29) is 17.9 Å². The number of carbonyl (C=O) groups is 2. The summed E-state index contributed by atoms with van der Waals surface area (Å²) < 4.78 is 0. The maximum Gasteiger partial charge on any atom is 0.238 e. The van der Waals surface area contributed by atoms with Gasteiger partial charge >= 0.3 is 0 Å². The molecular weight excluding hydrogens is 276 g/mol. The molecule has 2 amide bonds. The first-order chi connectivity index (χ1) is 10.5. The number of carbonyl (C=O) groups excluding carboxylic acids is 2. The molecule has 2 rings (SSSR count). The predicted molar refractivity (Wildman–Crippen MR) is 87.1 cm³/mol. The topological polar surface area (TPSA) is 49.4 Å². The summed E-state index contributed by atoms with van der Waals surface area (Å²) >= 11 is 0. The molecule has 1 aromatic rings. The second-order valence-electron chi connectivity index (χ2n) is 6.17. The summed E-state index contributed by atoms with van der Waals surface area (Å²) in [6.45, 7) is 7.14. The number of nitrogens with one attached hydrogen (secondary N) is 1. The number of nitrogens with zero attached hydrogens (tertiary/aromatic N) is 1. The third-order valence-electron chi connectivity index (χ3n) is 4.47. The molecular formula is C18H26N2O2. The average Bonchev–Trinajstić information content (AvgIpc) is 3.34. The quantitative estimate of drug-likeness (QED) is 0.787. The summed E-state index contributed by atoms with van der Waals surface area (Å²) in [5, 5.41) is 2.97. The van der Waals surface area contributed by atoms with E-state index in [9.17, 15) is 9.59 Å². The van der Waals surface area contributed by atoms with Gasteiger partial charge in [-0.25, -0.2) is 0 Å². The second-order valence-corrected chi connectivity index (χ2v) is 6.17. The van der Waals surface area contributed by atoms with Crippen LogP contribution in [0.2, 0.25) is 0 Å². The minimum absolute atomic E-state index is 0.0281. The van der Waals surface area contributed by atoms with Crippen LogP contribution in [-0.2, 0) is 16.1 Å². The summed E-state index contributed by atoms with van der Waals surface area (Å²) in [5.74, 6) is -0.127. The van der Waals surface area contributed by atoms with Crippen LogP contribution >= 0.6 is 0 Å². The Labute approximate surface area is 132 Å². The van der Waals surface area contributed by atoms with Gasteiger partial charge in [0.2, 0.25) is 11.8 Å². The largest absolute Gasteiger partial charge is 0.353 e. The Morgan fingerprint density at radius 1 is 1.23 bits per heavy atom. The summed E-state index contributed by atoms with van der Waals surface area (Å²) in [4.78, 5) is 27.1. The fourth-order valence-electron chi connectivity index (χ4n) is 2.56. The molecule has 120 valence electrons. The molecule has 0 spiro atoms. The first kappa shape index (κ1) is 16.5. The predicted octanol–water partition coefficient (Wildman–Crippen LogP) is 2.73. The van der Waals surface area contributed by atoms with Gasteiger partial charge in [-0.15, -0.1) is 0 Å². The monoisotopic (exact) mass is 302 g/mol. The van der Waals surface area contributed by atoms with Gasteiger partial charge in [0.15, 0.2) is 0 Å². The van der Waals surface area contributed by atoms with Crippen LogP contribution in [0.4, 0.5) is 0 Å². The Hall–Kier alpha value is -1.84. The Bertz CT molecular complexity index is 523. The van der Waals surface area contributed by atoms with Crippen LogP contribution in [0.15, 0.2) is 30.3 Å². The van der Waals surface area contributed by atoms with Crippen LogP contribution < -0.4 is 5.32 Å². The molecule has 0 heterocycles. The third-order valence-corrected chi connectivity index (χ3v) is 4.47. The third kappa shape index (κ3) is 3.49. The van der Waals surface area contributed by atoms with E-state index in [4.69, 9.17) is 0 Å². The molecule has 4 nitrogen and oxygen atoms in total. The van der Waals surface area contributed by atoms with E-state index in [1.54, 1.807) is 4.90 Å². The summed E-state index contributed by atoms with van der Waals surface area (Å²) in [6, 6.07) is 10.0. The molecule has 1 aliphatic rings. The molecule has 0 aliphatic heterocycles. The van der Waals surface area contributed by atoms with Crippen LogP contribution in [0.1, 0.15) is 45.6 Å². The smallest absolute Gasteiger partial charge is 0.238 e. The van der Waals surface area contributed by atoms with E-state index in [1.807, 2.05) is 51.1 Å². The van der Waals surface area contributed by atoms with E-state index in [1.165, 1.54) is 0 Å². The normalized spacial score (nSPS) is 16.7. The van der Waals surface area contributed by atoms with Crippen molar-refractivity contribution in [3.05, 3.63) is 35.9 Å². The zero-order valence-electron chi connectivity index (χ0n) is 13.8. The molecule has 0 saturated heterocycles. The van der Waals surface area contributed by atoms with Gasteiger partial charge < -0.3 is 10.2 Å². The Morgan fingerprint density at radius 2 is 1.86 bits per heavy atom. The van der Waals surface area contributed by atoms with Crippen molar-refractivity contribution in [1.82, 2.24) is 10.2 Å². The molecule has 22 heavy (non-hydrogen) atoms. The lowest BCUT2D eigenvalue weighted by Gasteiger charge is -2.26. The highest BCUT2D eigenvalue weighted by Gasteiger charge is 2.57. The molecule has 1 unspecified atom stereocenters. The first-order valence-electron chi connectivity index (χ1n) is 8.17. The molecule has 0 aromatic heterocycles. The van der Waals surface area contributed by atoms with Crippen LogP contribution in [0, 0.1) is 5.41 Å². The Kier molecular flexibility index (Phi) is 5.22. The molecule has 1 saturated carbocycles. The molecule has 1 aromatic carbocycles. The maximum atomic E-state index is 12.8.